The Bertz CT molecular complexity index is 1300. The Labute approximate surface area is 390 Å². The highest BCUT2D eigenvalue weighted by molar-refractivity contribution is 5.69. The number of carbonyl (C=O) groups is 2. The van der Waals surface area contributed by atoms with Gasteiger partial charge in [-0.2, -0.15) is 0 Å². The molecule has 2 rings (SSSR count). The molecule has 0 heterocycles. The second-order valence-electron chi connectivity index (χ2n) is 18.8. The van der Waals surface area contributed by atoms with Crippen LogP contribution in [0.15, 0.2) is 48.5 Å². The minimum Gasteiger partial charge on any atom is -0.481 e. The maximum absolute atomic E-state index is 11.3. The molecule has 0 fully saturated rings. The van der Waals surface area contributed by atoms with E-state index < -0.39 is 5.97 Å². The standard InChI is InChI=1S/C29H51NO2.C28H49NO2/c1-4-5-6-7-8-9-10-11-12-13-14-15-16-17-18-19-26-30(2)28-23-20-27(21-24-28)22-25-29(31)32-3;1-3-4-5-6-7-8-9-10-11-12-13-14-15-16-17-18-25-29(2)27-22-19-26(20-23-27)21-24-28(30)31/h20-21,23-24H,4-19,22,25-26H2,1-3H3;19-20,22-23H,3-18,21,24-25H2,1-2H3,(H,30,31). The van der Waals surface area contributed by atoms with Crippen LogP contribution in [-0.4, -0.2) is 51.3 Å². The zero-order chi connectivity index (χ0) is 45.9. The van der Waals surface area contributed by atoms with Crippen LogP contribution in [0.3, 0.4) is 0 Å². The number of carbonyl (C=O) groups excluding carboxylic acids is 1. The number of aliphatic carboxylic acids is 1. The average Bonchev–Trinajstić information content (AvgIpc) is 3.30. The summed E-state index contributed by atoms with van der Waals surface area (Å²) >= 11 is 0. The molecule has 2 aromatic rings. The van der Waals surface area contributed by atoms with Crippen molar-refractivity contribution in [1.82, 2.24) is 0 Å². The fourth-order valence-corrected chi connectivity index (χ4v) is 8.49. The second-order valence-corrected chi connectivity index (χ2v) is 18.8. The number of carboxylic acids is 1. The van der Waals surface area contributed by atoms with Crippen LogP contribution in [0.25, 0.3) is 0 Å². The SMILES string of the molecule is CCCCCCCCCCCCCCCCCCN(C)c1ccc(CCC(=O)O)cc1.CCCCCCCCCCCCCCCCCCN(C)c1ccc(CCC(=O)OC)cc1. The van der Waals surface area contributed by atoms with Gasteiger partial charge < -0.3 is 19.6 Å². The van der Waals surface area contributed by atoms with Crippen molar-refractivity contribution in [2.24, 2.45) is 0 Å². The maximum Gasteiger partial charge on any atom is 0.305 e. The Balaban J connectivity index is 0.000000630. The number of anilines is 2. The largest absolute Gasteiger partial charge is 0.481 e. The van der Waals surface area contributed by atoms with Gasteiger partial charge in [-0.15, -0.1) is 0 Å². The van der Waals surface area contributed by atoms with E-state index in [1.54, 1.807) is 0 Å². The molecule has 2 aromatic carbocycles. The van der Waals surface area contributed by atoms with Crippen molar-refractivity contribution in [3.8, 4) is 0 Å². The van der Waals surface area contributed by atoms with Crippen LogP contribution in [0.1, 0.15) is 243 Å². The molecular formula is C57H100N2O4. The monoisotopic (exact) mass is 877 g/mol. The molecule has 0 saturated carbocycles. The molecule has 0 bridgehead atoms. The summed E-state index contributed by atoms with van der Waals surface area (Å²) in [7, 11) is 5.77. The first-order valence-corrected chi connectivity index (χ1v) is 26.7. The number of hydrogen-bond acceptors (Lipinski definition) is 5. The highest BCUT2D eigenvalue weighted by Crippen LogP contribution is 2.19. The molecular weight excluding hydrogens is 777 g/mol. The molecule has 6 nitrogen and oxygen atoms in total. The lowest BCUT2D eigenvalue weighted by molar-refractivity contribution is -0.140. The summed E-state index contributed by atoms with van der Waals surface area (Å²) in [4.78, 5) is 26.6. The predicted octanol–water partition coefficient (Wildman–Crippen LogP) is 16.9. The molecule has 362 valence electrons. The average molecular weight is 877 g/mol. The minimum absolute atomic E-state index is 0.144. The third-order valence-electron chi connectivity index (χ3n) is 12.9. The molecule has 63 heavy (non-hydrogen) atoms. The van der Waals surface area contributed by atoms with Crippen molar-refractivity contribution in [3.63, 3.8) is 0 Å². The Morgan fingerprint density at radius 2 is 0.667 bits per heavy atom. The number of rotatable bonds is 42. The van der Waals surface area contributed by atoms with Crippen LogP contribution in [0, 0.1) is 0 Å². The van der Waals surface area contributed by atoms with E-state index in [4.69, 9.17) is 9.84 Å². The lowest BCUT2D eigenvalue weighted by Gasteiger charge is -2.19. The molecule has 0 atom stereocenters. The van der Waals surface area contributed by atoms with Crippen molar-refractivity contribution < 1.29 is 19.4 Å². The molecule has 0 radical (unpaired) electrons. The van der Waals surface area contributed by atoms with E-state index in [0.29, 0.717) is 12.8 Å². The van der Waals surface area contributed by atoms with Crippen molar-refractivity contribution >= 4 is 23.3 Å². The fourth-order valence-electron chi connectivity index (χ4n) is 8.49. The van der Waals surface area contributed by atoms with E-state index in [1.807, 2.05) is 0 Å². The maximum atomic E-state index is 11.3. The molecule has 0 saturated heterocycles. The number of methoxy groups -OCH3 is 1. The number of unbranched alkanes of at least 4 members (excludes halogenated alkanes) is 30. The normalized spacial score (nSPS) is 11.0. The molecule has 0 aliphatic heterocycles. The summed E-state index contributed by atoms with van der Waals surface area (Å²) in [5.41, 5.74) is 4.77. The van der Waals surface area contributed by atoms with Gasteiger partial charge in [0.25, 0.3) is 0 Å². The van der Waals surface area contributed by atoms with Crippen LogP contribution in [0.4, 0.5) is 11.4 Å². The third-order valence-corrected chi connectivity index (χ3v) is 12.9. The topological polar surface area (TPSA) is 70.1 Å². The summed E-state index contributed by atoms with van der Waals surface area (Å²) in [6.07, 6.45) is 47.1. The van der Waals surface area contributed by atoms with Crippen LogP contribution < -0.4 is 9.80 Å². The van der Waals surface area contributed by atoms with Gasteiger partial charge in [0.1, 0.15) is 0 Å². The fraction of sp³-hybridized carbons (Fsp3) is 0.754. The molecule has 1 N–H and O–H groups in total. The lowest BCUT2D eigenvalue weighted by atomic mass is 10.0. The lowest BCUT2D eigenvalue weighted by Crippen LogP contribution is -2.18. The number of aryl methyl sites for hydroxylation is 2. The van der Waals surface area contributed by atoms with E-state index in [-0.39, 0.29) is 12.4 Å². The van der Waals surface area contributed by atoms with Crippen molar-refractivity contribution in [3.05, 3.63) is 59.7 Å². The Kier molecular flexibility index (Phi) is 39.5. The van der Waals surface area contributed by atoms with Crippen molar-refractivity contribution in [1.29, 1.82) is 0 Å². The first kappa shape index (κ1) is 58.0. The van der Waals surface area contributed by atoms with E-state index in [0.717, 1.165) is 25.1 Å². The van der Waals surface area contributed by atoms with E-state index in [1.165, 1.54) is 230 Å². The van der Waals surface area contributed by atoms with Crippen LogP contribution >= 0.6 is 0 Å². The molecule has 0 spiro atoms. The second kappa shape index (κ2) is 42.9. The first-order valence-electron chi connectivity index (χ1n) is 26.7. The number of carboxylic acid groups (broad SMARTS) is 1. The Morgan fingerprint density at radius 1 is 0.413 bits per heavy atom. The summed E-state index contributed by atoms with van der Waals surface area (Å²) in [5, 5.41) is 8.78. The smallest absolute Gasteiger partial charge is 0.305 e. The summed E-state index contributed by atoms with van der Waals surface area (Å²) in [6.45, 7) is 6.78. The van der Waals surface area contributed by atoms with E-state index in [2.05, 4.69) is 86.3 Å². The van der Waals surface area contributed by atoms with Gasteiger partial charge in [0.05, 0.1) is 7.11 Å². The van der Waals surface area contributed by atoms with Gasteiger partial charge >= 0.3 is 11.9 Å². The number of ether oxygens (including phenoxy) is 1. The molecule has 0 unspecified atom stereocenters. The minimum atomic E-state index is -0.732. The van der Waals surface area contributed by atoms with Gasteiger partial charge in [-0.05, 0) is 61.1 Å². The van der Waals surface area contributed by atoms with Gasteiger partial charge in [-0.1, -0.05) is 231 Å². The van der Waals surface area contributed by atoms with Gasteiger partial charge in [0.2, 0.25) is 0 Å². The van der Waals surface area contributed by atoms with Crippen LogP contribution in [0.2, 0.25) is 0 Å². The number of hydrogen-bond donors (Lipinski definition) is 1. The van der Waals surface area contributed by atoms with Crippen LogP contribution in [0.5, 0.6) is 0 Å². The van der Waals surface area contributed by atoms with E-state index >= 15 is 0 Å². The highest BCUT2D eigenvalue weighted by Gasteiger charge is 2.06. The third kappa shape index (κ3) is 36.0. The number of nitrogens with zero attached hydrogens (tertiary/aromatic N) is 2. The Hall–Kier alpha value is -3.02. The zero-order valence-corrected chi connectivity index (χ0v) is 42.1. The van der Waals surface area contributed by atoms with Gasteiger partial charge in [-0.25, -0.2) is 0 Å². The van der Waals surface area contributed by atoms with Crippen molar-refractivity contribution in [2.45, 2.75) is 245 Å². The summed E-state index contributed by atoms with van der Waals surface area (Å²) < 4.78 is 4.71. The van der Waals surface area contributed by atoms with Crippen molar-refractivity contribution in [2.75, 3.05) is 44.1 Å². The van der Waals surface area contributed by atoms with Gasteiger partial charge in [-0.3, -0.25) is 9.59 Å². The molecule has 6 heteroatoms. The van der Waals surface area contributed by atoms with Gasteiger partial charge in [0, 0.05) is 51.4 Å². The Morgan fingerprint density at radius 3 is 0.921 bits per heavy atom. The molecule has 0 aromatic heterocycles. The molecule has 0 aliphatic rings. The predicted molar refractivity (Wildman–Crippen MR) is 275 cm³/mol. The summed E-state index contributed by atoms with van der Waals surface area (Å²) in [6, 6.07) is 16.9. The molecule has 0 aliphatic carbocycles. The van der Waals surface area contributed by atoms with E-state index in [9.17, 15) is 9.59 Å². The zero-order valence-electron chi connectivity index (χ0n) is 42.1. The molecule has 0 amide bonds. The first-order chi connectivity index (χ1) is 30.8. The van der Waals surface area contributed by atoms with Gasteiger partial charge in [0.15, 0.2) is 0 Å². The quantitative estimate of drug-likeness (QED) is 0.0529. The number of esters is 1. The number of benzene rings is 2. The highest BCUT2D eigenvalue weighted by atomic mass is 16.5. The van der Waals surface area contributed by atoms with Crippen LogP contribution in [-0.2, 0) is 27.2 Å². The summed E-state index contributed by atoms with van der Waals surface area (Å²) in [5.74, 6) is -0.876.